The van der Waals surface area contributed by atoms with Crippen molar-refractivity contribution in [3.63, 3.8) is 0 Å². The minimum absolute atomic E-state index is 0.0452. The van der Waals surface area contributed by atoms with Crippen LogP contribution in [-0.2, 0) is 24.0 Å². The van der Waals surface area contributed by atoms with Crippen molar-refractivity contribution in [3.05, 3.63) is 53.6 Å². The van der Waals surface area contributed by atoms with Gasteiger partial charge in [-0.3, -0.25) is 43.8 Å². The van der Waals surface area contributed by atoms with Gasteiger partial charge in [-0.25, -0.2) is 0 Å². The highest BCUT2D eigenvalue weighted by molar-refractivity contribution is 6.25. The molecular weight excluding hydrogens is 606 g/mol. The van der Waals surface area contributed by atoms with E-state index in [1.807, 2.05) is 0 Å². The Kier molecular flexibility index (Phi) is 12.2. The lowest BCUT2D eigenvalue weighted by Crippen LogP contribution is -2.54. The lowest BCUT2D eigenvalue weighted by molar-refractivity contribution is -0.138. The van der Waals surface area contributed by atoms with Crippen LogP contribution in [-0.4, -0.2) is 71.1 Å². The Morgan fingerprint density at radius 3 is 2.26 bits per heavy atom. The average molecular weight is 648 g/mol. The van der Waals surface area contributed by atoms with Gasteiger partial charge in [0.25, 0.3) is 11.8 Å². The summed E-state index contributed by atoms with van der Waals surface area (Å²) in [7, 11) is 1.70. The zero-order valence-corrected chi connectivity index (χ0v) is 26.5. The van der Waals surface area contributed by atoms with E-state index in [1.54, 1.807) is 54.4 Å². The number of anilines is 3. The van der Waals surface area contributed by atoms with Crippen LogP contribution < -0.4 is 20.9 Å². The van der Waals surface area contributed by atoms with Gasteiger partial charge in [0.05, 0.1) is 11.1 Å². The van der Waals surface area contributed by atoms with E-state index < -0.39 is 35.6 Å². The SMILES string of the molecule is CN(C(=O)CCCCCNc1cccc2c1C(=O)N(C1CCC(=O)NC1=O)C2=O)c1ccc(NC(=O)CCCCCCC(=O)O)cc1. The number of carbonyl (C=O) groups is 7. The summed E-state index contributed by atoms with van der Waals surface area (Å²) in [5, 5.41) is 16.9. The number of piperidine rings is 1. The third kappa shape index (κ3) is 9.24. The quantitative estimate of drug-likeness (QED) is 0.145. The second-order valence-corrected chi connectivity index (χ2v) is 11.8. The van der Waals surface area contributed by atoms with Gasteiger partial charge in [0.1, 0.15) is 6.04 Å². The molecule has 1 fully saturated rings. The molecule has 0 aliphatic carbocycles. The molecule has 0 radical (unpaired) electrons. The molecule has 2 aliphatic rings. The number of unbranched alkanes of at least 4 members (excludes halogenated alkanes) is 5. The summed E-state index contributed by atoms with van der Waals surface area (Å²) in [6, 6.07) is 11.0. The van der Waals surface area contributed by atoms with Gasteiger partial charge in [0.15, 0.2) is 0 Å². The van der Waals surface area contributed by atoms with Crippen molar-refractivity contribution in [2.75, 3.05) is 29.1 Å². The van der Waals surface area contributed by atoms with E-state index in [9.17, 15) is 33.6 Å². The van der Waals surface area contributed by atoms with Gasteiger partial charge in [-0.2, -0.15) is 0 Å². The number of rotatable bonds is 17. The maximum absolute atomic E-state index is 13.2. The number of amides is 6. The molecular formula is C34H41N5O8. The van der Waals surface area contributed by atoms with Crippen molar-refractivity contribution in [1.29, 1.82) is 0 Å². The summed E-state index contributed by atoms with van der Waals surface area (Å²) in [6.45, 7) is 0.512. The van der Waals surface area contributed by atoms with Crippen LogP contribution in [0.2, 0.25) is 0 Å². The van der Waals surface area contributed by atoms with Gasteiger partial charge >= 0.3 is 5.97 Å². The van der Waals surface area contributed by atoms with Crippen molar-refractivity contribution < 1.29 is 38.7 Å². The number of carbonyl (C=O) groups excluding carboxylic acids is 6. The Morgan fingerprint density at radius 1 is 0.872 bits per heavy atom. The monoisotopic (exact) mass is 647 g/mol. The normalized spacial score (nSPS) is 15.7. The zero-order chi connectivity index (χ0) is 33.9. The number of fused-ring (bicyclic) bond motifs is 1. The molecule has 0 bridgehead atoms. The predicted molar refractivity (Wildman–Crippen MR) is 174 cm³/mol. The number of benzene rings is 2. The second kappa shape index (κ2) is 16.5. The molecule has 1 atom stereocenters. The molecule has 47 heavy (non-hydrogen) atoms. The first-order valence-electron chi connectivity index (χ1n) is 16.0. The molecule has 0 spiro atoms. The van der Waals surface area contributed by atoms with Crippen LogP contribution >= 0.6 is 0 Å². The highest BCUT2D eigenvalue weighted by atomic mass is 16.4. The van der Waals surface area contributed by atoms with Crippen molar-refractivity contribution in [2.45, 2.75) is 83.1 Å². The van der Waals surface area contributed by atoms with Gasteiger partial charge in [-0.1, -0.05) is 25.3 Å². The molecule has 13 nitrogen and oxygen atoms in total. The largest absolute Gasteiger partial charge is 0.481 e. The molecule has 1 saturated heterocycles. The molecule has 1 unspecified atom stereocenters. The van der Waals surface area contributed by atoms with Crippen LogP contribution in [0.25, 0.3) is 0 Å². The van der Waals surface area contributed by atoms with Crippen molar-refractivity contribution >= 4 is 58.5 Å². The molecule has 0 saturated carbocycles. The lowest BCUT2D eigenvalue weighted by atomic mass is 10.0. The van der Waals surface area contributed by atoms with Crippen molar-refractivity contribution in [3.8, 4) is 0 Å². The van der Waals surface area contributed by atoms with E-state index in [1.165, 1.54) is 0 Å². The number of nitrogens with zero attached hydrogens (tertiary/aromatic N) is 2. The summed E-state index contributed by atoms with van der Waals surface area (Å²) in [4.78, 5) is 88.1. The zero-order valence-electron chi connectivity index (χ0n) is 26.5. The molecule has 250 valence electrons. The van der Waals surface area contributed by atoms with E-state index >= 15 is 0 Å². The fourth-order valence-electron chi connectivity index (χ4n) is 5.68. The second-order valence-electron chi connectivity index (χ2n) is 11.8. The number of hydrogen-bond acceptors (Lipinski definition) is 8. The van der Waals surface area contributed by atoms with Gasteiger partial charge in [0, 0.05) is 56.3 Å². The first-order valence-corrected chi connectivity index (χ1v) is 16.0. The number of carboxylic acids is 1. The van der Waals surface area contributed by atoms with E-state index in [4.69, 9.17) is 5.11 Å². The van der Waals surface area contributed by atoms with Crippen LogP contribution in [0.5, 0.6) is 0 Å². The summed E-state index contributed by atoms with van der Waals surface area (Å²) in [5.74, 6) is -3.15. The summed E-state index contributed by atoms with van der Waals surface area (Å²) in [6.07, 6.45) is 6.01. The molecule has 4 N–H and O–H groups in total. The lowest BCUT2D eigenvalue weighted by Gasteiger charge is -2.27. The average Bonchev–Trinajstić information content (AvgIpc) is 3.30. The molecule has 2 heterocycles. The molecule has 2 aromatic carbocycles. The van der Waals surface area contributed by atoms with Crippen molar-refractivity contribution in [1.82, 2.24) is 10.2 Å². The maximum atomic E-state index is 13.2. The Labute approximate surface area is 273 Å². The van der Waals surface area contributed by atoms with E-state index in [0.717, 1.165) is 30.6 Å². The summed E-state index contributed by atoms with van der Waals surface area (Å²) < 4.78 is 0. The minimum atomic E-state index is -1.02. The third-order valence-corrected chi connectivity index (χ3v) is 8.31. The Bertz CT molecular complexity index is 1520. The molecule has 2 aliphatic heterocycles. The Morgan fingerprint density at radius 2 is 1.55 bits per heavy atom. The number of aliphatic carboxylic acids is 1. The van der Waals surface area contributed by atoms with Gasteiger partial charge in [-0.05, 0) is 68.5 Å². The van der Waals surface area contributed by atoms with E-state index in [0.29, 0.717) is 55.7 Å². The number of hydrogen-bond donors (Lipinski definition) is 4. The smallest absolute Gasteiger partial charge is 0.303 e. The number of imide groups is 2. The minimum Gasteiger partial charge on any atom is -0.481 e. The first-order chi connectivity index (χ1) is 22.6. The Balaban J connectivity index is 1.15. The van der Waals surface area contributed by atoms with Gasteiger partial charge in [-0.15, -0.1) is 0 Å². The molecule has 13 heteroatoms. The number of nitrogens with one attached hydrogen (secondary N) is 3. The van der Waals surface area contributed by atoms with E-state index in [-0.39, 0.29) is 42.2 Å². The molecule has 2 aromatic rings. The molecule has 6 amide bonds. The maximum Gasteiger partial charge on any atom is 0.303 e. The fraction of sp³-hybridized carbons (Fsp3) is 0.441. The highest BCUT2D eigenvalue weighted by Gasteiger charge is 2.45. The summed E-state index contributed by atoms with van der Waals surface area (Å²) >= 11 is 0. The van der Waals surface area contributed by atoms with Crippen LogP contribution in [0.3, 0.4) is 0 Å². The number of carboxylic acid groups (broad SMARTS) is 1. The predicted octanol–water partition coefficient (Wildman–Crippen LogP) is 4.09. The third-order valence-electron chi connectivity index (χ3n) is 8.31. The van der Waals surface area contributed by atoms with Gasteiger partial charge in [0.2, 0.25) is 23.6 Å². The summed E-state index contributed by atoms with van der Waals surface area (Å²) in [5.41, 5.74) is 2.28. The van der Waals surface area contributed by atoms with Crippen LogP contribution in [0.15, 0.2) is 42.5 Å². The van der Waals surface area contributed by atoms with E-state index in [2.05, 4.69) is 16.0 Å². The topological polar surface area (TPSA) is 182 Å². The highest BCUT2D eigenvalue weighted by Crippen LogP contribution is 2.32. The van der Waals surface area contributed by atoms with Gasteiger partial charge < -0.3 is 20.6 Å². The van der Waals surface area contributed by atoms with Crippen molar-refractivity contribution in [2.24, 2.45) is 0 Å². The standard InChI is InChI=1S/C34H41N5O8/c1-38(23-17-15-22(16-18-23)36-27(40)12-5-2-3-7-14-30(43)44)29(42)13-6-4-8-21-35-25-11-9-10-24-31(25)34(47)39(33(24)46)26-19-20-28(41)37-32(26)45/h9-11,15-18,26,35H,2-8,12-14,19-21H2,1H3,(H,36,40)(H,43,44)(H,37,41,45). The van der Waals surface area contributed by atoms with Crippen LogP contribution in [0.4, 0.5) is 17.1 Å². The molecule has 0 aromatic heterocycles. The van der Waals surface area contributed by atoms with Crippen LogP contribution in [0, 0.1) is 0 Å². The van der Waals surface area contributed by atoms with Crippen LogP contribution in [0.1, 0.15) is 97.8 Å². The first kappa shape index (κ1) is 34.8. The molecule has 4 rings (SSSR count). The fourth-order valence-corrected chi connectivity index (χ4v) is 5.68. The Hall–Kier alpha value is -5.07.